The first-order valence-corrected chi connectivity index (χ1v) is 6.11. The van der Waals surface area contributed by atoms with Gasteiger partial charge in [-0.2, -0.15) is 0 Å². The number of hydrogen-bond acceptors (Lipinski definition) is 4. The number of aliphatic hydroxyl groups is 1. The number of nitrogens with zero attached hydrogens (tertiary/aromatic N) is 1. The van der Waals surface area contributed by atoms with Crippen LogP contribution < -0.4 is 0 Å². The second-order valence-corrected chi connectivity index (χ2v) is 5.26. The molecule has 16 heavy (non-hydrogen) atoms. The van der Waals surface area contributed by atoms with E-state index in [1.165, 1.54) is 18.7 Å². The van der Waals surface area contributed by atoms with Crippen LogP contribution in [-0.2, 0) is 0 Å². The minimum atomic E-state index is -1.29. The average molecular weight is 239 g/mol. The molecule has 4 nitrogen and oxygen atoms in total. The molecule has 5 heteroatoms. The lowest BCUT2D eigenvalue weighted by Crippen LogP contribution is -2.47. The maximum atomic E-state index is 11.1. The fourth-order valence-electron chi connectivity index (χ4n) is 1.98. The average Bonchev–Trinajstić information content (AvgIpc) is 2.58. The number of aliphatic hydroxyl groups excluding tert-OH is 1. The van der Waals surface area contributed by atoms with Crippen molar-refractivity contribution in [3.05, 3.63) is 46.0 Å². The summed E-state index contributed by atoms with van der Waals surface area (Å²) in [5.74, 6) is 0.414. The second-order valence-electron chi connectivity index (χ2n) is 4.12. The molecule has 1 N–H and O–H groups in total. The lowest BCUT2D eigenvalue weighted by atomic mass is 9.88. The first-order valence-electron chi connectivity index (χ1n) is 5.06. The van der Waals surface area contributed by atoms with Crippen LogP contribution in [0.2, 0.25) is 0 Å². The lowest BCUT2D eigenvalue weighted by Gasteiger charge is -2.24. The van der Waals surface area contributed by atoms with Gasteiger partial charge in [0.15, 0.2) is 0 Å². The monoisotopic (exact) mass is 239 g/mol. The quantitative estimate of drug-likeness (QED) is 0.632. The normalized spacial score (nSPS) is 33.9. The Morgan fingerprint density at radius 1 is 1.50 bits per heavy atom. The summed E-state index contributed by atoms with van der Waals surface area (Å²) in [4.78, 5) is 10.8. The van der Waals surface area contributed by atoms with Crippen LogP contribution in [0, 0.1) is 10.1 Å². The van der Waals surface area contributed by atoms with Crippen molar-refractivity contribution < 1.29 is 10.0 Å². The van der Waals surface area contributed by atoms with Crippen molar-refractivity contribution in [2.24, 2.45) is 0 Å². The highest BCUT2D eigenvalue weighted by atomic mass is 32.2. The molecular formula is C11H13NO3S. The molecule has 1 fully saturated rings. The van der Waals surface area contributed by atoms with Crippen molar-refractivity contribution in [2.45, 2.75) is 23.8 Å². The number of rotatable bonds is 2. The smallest absolute Gasteiger partial charge is 0.261 e. The molecule has 1 aliphatic heterocycles. The van der Waals surface area contributed by atoms with Crippen molar-refractivity contribution in [1.29, 1.82) is 0 Å². The molecule has 86 valence electrons. The highest BCUT2D eigenvalue weighted by Gasteiger charge is 2.57. The van der Waals surface area contributed by atoms with Gasteiger partial charge in [0.05, 0.1) is 0 Å². The Bertz CT molecular complexity index is 397. The number of hydrogen-bond donors (Lipinski definition) is 1. The van der Waals surface area contributed by atoms with Crippen molar-refractivity contribution in [2.75, 3.05) is 5.75 Å². The third-order valence-corrected chi connectivity index (χ3v) is 4.71. The summed E-state index contributed by atoms with van der Waals surface area (Å²) in [6, 6.07) is 9.35. The van der Waals surface area contributed by atoms with Gasteiger partial charge in [0.2, 0.25) is 0 Å². The topological polar surface area (TPSA) is 63.4 Å². The highest BCUT2D eigenvalue weighted by Crippen LogP contribution is 2.48. The van der Waals surface area contributed by atoms with Gasteiger partial charge in [0.25, 0.3) is 5.54 Å². The number of thioether (sulfide) groups is 1. The number of nitro groups is 1. The van der Waals surface area contributed by atoms with E-state index >= 15 is 0 Å². The van der Waals surface area contributed by atoms with E-state index in [0.717, 1.165) is 5.56 Å². The molecule has 1 heterocycles. The van der Waals surface area contributed by atoms with Crippen LogP contribution in [0.4, 0.5) is 0 Å². The second kappa shape index (κ2) is 4.07. The van der Waals surface area contributed by atoms with E-state index < -0.39 is 11.6 Å². The Morgan fingerprint density at radius 2 is 2.12 bits per heavy atom. The maximum absolute atomic E-state index is 11.1. The van der Waals surface area contributed by atoms with Gasteiger partial charge in [0.1, 0.15) is 11.4 Å². The third-order valence-electron chi connectivity index (χ3n) is 3.12. The molecule has 1 aliphatic rings. The summed E-state index contributed by atoms with van der Waals surface area (Å²) < 4.78 is 0. The van der Waals surface area contributed by atoms with Crippen molar-refractivity contribution in [3.8, 4) is 0 Å². The fraction of sp³-hybridized carbons (Fsp3) is 0.455. The van der Waals surface area contributed by atoms with E-state index in [1.807, 2.05) is 30.3 Å². The van der Waals surface area contributed by atoms with E-state index in [2.05, 4.69) is 0 Å². The zero-order chi connectivity index (χ0) is 11.8. The first kappa shape index (κ1) is 11.4. The van der Waals surface area contributed by atoms with Gasteiger partial charge in [-0.3, -0.25) is 10.1 Å². The largest absolute Gasteiger partial charge is 0.385 e. The molecule has 0 saturated carbocycles. The van der Waals surface area contributed by atoms with Gasteiger partial charge < -0.3 is 5.11 Å². The third kappa shape index (κ3) is 1.60. The molecule has 0 aromatic heterocycles. The van der Waals surface area contributed by atoms with Crippen molar-refractivity contribution in [1.82, 2.24) is 0 Å². The minimum absolute atomic E-state index is 0.279. The zero-order valence-electron chi connectivity index (χ0n) is 8.87. The van der Waals surface area contributed by atoms with Crippen LogP contribution in [0.15, 0.2) is 30.3 Å². The van der Waals surface area contributed by atoms with Gasteiger partial charge in [-0.05, 0) is 5.56 Å². The van der Waals surface area contributed by atoms with E-state index in [-0.39, 0.29) is 10.2 Å². The molecule has 0 bridgehead atoms. The van der Waals surface area contributed by atoms with Gasteiger partial charge in [-0.15, -0.1) is 11.8 Å². The van der Waals surface area contributed by atoms with Gasteiger partial charge >= 0.3 is 0 Å². The van der Waals surface area contributed by atoms with Gasteiger partial charge in [0, 0.05) is 17.6 Å². The molecule has 0 radical (unpaired) electrons. The molecule has 0 amide bonds. The Morgan fingerprint density at radius 3 is 2.69 bits per heavy atom. The predicted octanol–water partition coefficient (Wildman–Crippen LogP) is 1.87. The Balaban J connectivity index is 2.39. The summed E-state index contributed by atoms with van der Waals surface area (Å²) in [5, 5.41) is 20.7. The highest BCUT2D eigenvalue weighted by molar-refractivity contribution is 7.99. The van der Waals surface area contributed by atoms with Gasteiger partial charge in [-0.25, -0.2) is 0 Å². The molecule has 1 saturated heterocycles. The lowest BCUT2D eigenvalue weighted by molar-refractivity contribution is -0.575. The summed E-state index contributed by atoms with van der Waals surface area (Å²) in [5.41, 5.74) is -0.380. The van der Waals surface area contributed by atoms with Crippen LogP contribution in [-0.4, -0.2) is 27.4 Å². The van der Waals surface area contributed by atoms with E-state index in [4.69, 9.17) is 0 Å². The molecule has 1 aromatic rings. The summed E-state index contributed by atoms with van der Waals surface area (Å²) >= 11 is 1.45. The SMILES string of the molecule is C[C@@]1([N+](=O)[O-])[C@@H](O)CS[C@H]1c1ccccc1. The Kier molecular flexibility index (Phi) is 2.90. The molecule has 0 spiro atoms. The van der Waals surface area contributed by atoms with E-state index in [9.17, 15) is 15.2 Å². The van der Waals surface area contributed by atoms with E-state index in [0.29, 0.717) is 5.75 Å². The van der Waals surface area contributed by atoms with E-state index in [1.54, 1.807) is 0 Å². The Hall–Kier alpha value is -1.07. The summed E-state index contributed by atoms with van der Waals surface area (Å²) in [6.45, 7) is 1.52. The van der Waals surface area contributed by atoms with Crippen LogP contribution >= 0.6 is 11.8 Å². The number of benzene rings is 1. The first-order chi connectivity index (χ1) is 7.56. The predicted molar refractivity (Wildman–Crippen MR) is 63.0 cm³/mol. The summed E-state index contributed by atoms with van der Waals surface area (Å²) in [7, 11) is 0. The summed E-state index contributed by atoms with van der Waals surface area (Å²) in [6.07, 6.45) is -0.891. The van der Waals surface area contributed by atoms with Gasteiger partial charge in [-0.1, -0.05) is 30.3 Å². The molecule has 0 aliphatic carbocycles. The van der Waals surface area contributed by atoms with Crippen LogP contribution in [0.1, 0.15) is 17.7 Å². The minimum Gasteiger partial charge on any atom is -0.385 e. The maximum Gasteiger partial charge on any atom is 0.261 e. The molecule has 2 rings (SSSR count). The van der Waals surface area contributed by atoms with Crippen LogP contribution in [0.25, 0.3) is 0 Å². The molecular weight excluding hydrogens is 226 g/mol. The zero-order valence-corrected chi connectivity index (χ0v) is 9.68. The van der Waals surface area contributed by atoms with Crippen LogP contribution in [0.3, 0.4) is 0 Å². The Labute approximate surface area is 97.8 Å². The van der Waals surface area contributed by atoms with Crippen LogP contribution in [0.5, 0.6) is 0 Å². The van der Waals surface area contributed by atoms with Crippen molar-refractivity contribution >= 4 is 11.8 Å². The molecule has 0 unspecified atom stereocenters. The molecule has 1 aromatic carbocycles. The molecule has 3 atom stereocenters. The standard InChI is InChI=1S/C11H13NO3S/c1-11(12(14)15)9(13)7-16-10(11)8-5-3-2-4-6-8/h2-6,9-10,13H,7H2,1H3/t9-,10-,11+/m0/s1. The fourth-order valence-corrected chi connectivity index (χ4v) is 3.62. The van der Waals surface area contributed by atoms with Crippen molar-refractivity contribution in [3.63, 3.8) is 0 Å².